The number of ether oxygens (including phenoxy) is 1. The Morgan fingerprint density at radius 3 is 2.37 bits per heavy atom. The van der Waals surface area contributed by atoms with Crippen molar-refractivity contribution < 1.29 is 4.74 Å². The highest BCUT2D eigenvalue weighted by Crippen LogP contribution is 2.26. The molecule has 0 aliphatic rings. The average molecular weight is 285 g/mol. The van der Waals surface area contributed by atoms with Crippen LogP contribution in [0.5, 0.6) is 0 Å². The minimum atomic E-state index is 0.0884. The molecule has 0 radical (unpaired) electrons. The third-order valence-electron chi connectivity index (χ3n) is 3.63. The summed E-state index contributed by atoms with van der Waals surface area (Å²) in [6.45, 7) is 4.95. The van der Waals surface area contributed by atoms with Crippen LogP contribution < -0.4 is 5.73 Å². The summed E-state index contributed by atoms with van der Waals surface area (Å²) in [7, 11) is 3.82. The third-order valence-corrected chi connectivity index (χ3v) is 3.88. The molecule has 0 heterocycles. The van der Waals surface area contributed by atoms with E-state index in [1.54, 1.807) is 7.11 Å². The molecule has 0 saturated heterocycles. The van der Waals surface area contributed by atoms with Gasteiger partial charge in [-0.15, -0.1) is 0 Å². The van der Waals surface area contributed by atoms with Gasteiger partial charge in [0, 0.05) is 30.3 Å². The lowest BCUT2D eigenvalue weighted by Gasteiger charge is -2.36. The summed E-state index contributed by atoms with van der Waals surface area (Å²) in [6.07, 6.45) is 0.928. The molecule has 0 aromatic heterocycles. The summed E-state index contributed by atoms with van der Waals surface area (Å²) in [5, 5.41) is 0.750. The van der Waals surface area contributed by atoms with Gasteiger partial charge in [0.15, 0.2) is 0 Å². The van der Waals surface area contributed by atoms with Crippen molar-refractivity contribution in [1.82, 2.24) is 4.90 Å². The number of hydrogen-bond acceptors (Lipinski definition) is 3. The number of halogens is 1. The summed E-state index contributed by atoms with van der Waals surface area (Å²) in [4.78, 5) is 2.28. The molecule has 3 unspecified atom stereocenters. The first kappa shape index (κ1) is 16.4. The molecule has 1 rings (SSSR count). The Bertz CT molecular complexity index is 369. The van der Waals surface area contributed by atoms with Gasteiger partial charge in [-0.1, -0.05) is 30.7 Å². The largest absolute Gasteiger partial charge is 0.383 e. The zero-order valence-corrected chi connectivity index (χ0v) is 13.0. The van der Waals surface area contributed by atoms with E-state index in [0.29, 0.717) is 12.6 Å². The Kier molecular flexibility index (Phi) is 6.80. The fourth-order valence-corrected chi connectivity index (χ4v) is 2.43. The SMILES string of the molecule is CCC(N)C(c1ccc(Cl)cc1)N(C)C(C)COC. The summed E-state index contributed by atoms with van der Waals surface area (Å²) in [6, 6.07) is 8.51. The Balaban J connectivity index is 2.97. The Morgan fingerprint density at radius 1 is 1.32 bits per heavy atom. The van der Waals surface area contributed by atoms with Gasteiger partial charge < -0.3 is 10.5 Å². The molecule has 2 N–H and O–H groups in total. The van der Waals surface area contributed by atoms with Crippen LogP contribution in [0.25, 0.3) is 0 Å². The van der Waals surface area contributed by atoms with Gasteiger partial charge in [-0.3, -0.25) is 4.90 Å². The molecule has 19 heavy (non-hydrogen) atoms. The van der Waals surface area contributed by atoms with Crippen molar-refractivity contribution in [2.24, 2.45) is 5.73 Å². The van der Waals surface area contributed by atoms with Crippen LogP contribution in [0, 0.1) is 0 Å². The van der Waals surface area contributed by atoms with Gasteiger partial charge in [0.2, 0.25) is 0 Å². The third kappa shape index (κ3) is 4.46. The van der Waals surface area contributed by atoms with Crippen LogP contribution in [0.15, 0.2) is 24.3 Å². The topological polar surface area (TPSA) is 38.5 Å². The first-order valence-corrected chi connectivity index (χ1v) is 7.11. The van der Waals surface area contributed by atoms with E-state index in [4.69, 9.17) is 22.1 Å². The van der Waals surface area contributed by atoms with Crippen molar-refractivity contribution in [3.8, 4) is 0 Å². The normalized spacial score (nSPS) is 16.4. The van der Waals surface area contributed by atoms with Crippen LogP contribution in [0.2, 0.25) is 5.02 Å². The summed E-state index contributed by atoms with van der Waals surface area (Å²) < 4.78 is 5.24. The molecule has 4 heteroatoms. The average Bonchev–Trinajstić information content (AvgIpc) is 2.41. The van der Waals surface area contributed by atoms with E-state index in [1.165, 1.54) is 5.56 Å². The van der Waals surface area contributed by atoms with E-state index in [1.807, 2.05) is 12.1 Å². The molecule has 3 nitrogen and oxygen atoms in total. The number of rotatable bonds is 7. The molecule has 0 fully saturated rings. The quantitative estimate of drug-likeness (QED) is 0.836. The summed E-state index contributed by atoms with van der Waals surface area (Å²) in [5.41, 5.74) is 7.51. The molecular formula is C15H25ClN2O. The highest BCUT2D eigenvalue weighted by molar-refractivity contribution is 6.30. The van der Waals surface area contributed by atoms with Gasteiger partial charge in [-0.05, 0) is 38.1 Å². The van der Waals surface area contributed by atoms with Crippen LogP contribution in [0.4, 0.5) is 0 Å². The van der Waals surface area contributed by atoms with Crippen molar-refractivity contribution in [2.75, 3.05) is 20.8 Å². The number of nitrogens with zero attached hydrogens (tertiary/aromatic N) is 1. The maximum atomic E-state index is 6.31. The molecule has 0 aliphatic heterocycles. The minimum Gasteiger partial charge on any atom is -0.383 e. The molecule has 1 aromatic rings. The Hall–Kier alpha value is -0.610. The van der Waals surface area contributed by atoms with Crippen LogP contribution in [0.1, 0.15) is 31.9 Å². The van der Waals surface area contributed by atoms with Gasteiger partial charge in [0.05, 0.1) is 6.61 Å². The second-order valence-corrected chi connectivity index (χ2v) is 5.47. The molecule has 0 aliphatic carbocycles. The van der Waals surface area contributed by atoms with E-state index in [9.17, 15) is 0 Å². The zero-order chi connectivity index (χ0) is 14.4. The van der Waals surface area contributed by atoms with Crippen molar-refractivity contribution in [1.29, 1.82) is 0 Å². The predicted octanol–water partition coefficient (Wildman–Crippen LogP) is 3.09. The van der Waals surface area contributed by atoms with E-state index >= 15 is 0 Å². The van der Waals surface area contributed by atoms with Gasteiger partial charge in [0.1, 0.15) is 0 Å². The number of hydrogen-bond donors (Lipinski definition) is 1. The first-order chi connectivity index (χ1) is 9.01. The molecule has 3 atom stereocenters. The lowest BCUT2D eigenvalue weighted by Crippen LogP contribution is -2.44. The minimum absolute atomic E-state index is 0.0884. The van der Waals surface area contributed by atoms with Crippen LogP contribution in [-0.2, 0) is 4.74 Å². The van der Waals surface area contributed by atoms with Gasteiger partial charge in [-0.25, -0.2) is 0 Å². The predicted molar refractivity (Wildman–Crippen MR) is 81.6 cm³/mol. The van der Waals surface area contributed by atoms with Gasteiger partial charge in [0.25, 0.3) is 0 Å². The monoisotopic (exact) mass is 284 g/mol. The highest BCUT2D eigenvalue weighted by Gasteiger charge is 2.26. The smallest absolute Gasteiger partial charge is 0.0615 e. The van der Waals surface area contributed by atoms with E-state index in [-0.39, 0.29) is 12.1 Å². The highest BCUT2D eigenvalue weighted by atomic mass is 35.5. The van der Waals surface area contributed by atoms with E-state index in [2.05, 4.69) is 37.9 Å². The van der Waals surface area contributed by atoms with Crippen LogP contribution >= 0.6 is 11.6 Å². The molecule has 1 aromatic carbocycles. The second-order valence-electron chi connectivity index (χ2n) is 5.04. The van der Waals surface area contributed by atoms with Crippen LogP contribution in [0.3, 0.4) is 0 Å². The molecule has 0 saturated carbocycles. The fourth-order valence-electron chi connectivity index (χ4n) is 2.30. The zero-order valence-electron chi connectivity index (χ0n) is 12.3. The maximum absolute atomic E-state index is 6.31. The fraction of sp³-hybridized carbons (Fsp3) is 0.600. The maximum Gasteiger partial charge on any atom is 0.0615 e. The van der Waals surface area contributed by atoms with Crippen molar-refractivity contribution >= 4 is 11.6 Å². The Labute approximate surface area is 121 Å². The standard InChI is InChI=1S/C15H25ClN2O/c1-5-14(17)15(18(3)11(2)10-19-4)12-6-8-13(16)9-7-12/h6-9,11,14-15H,5,10,17H2,1-4H3. The number of nitrogens with two attached hydrogens (primary N) is 1. The molecule has 0 bridgehead atoms. The molecule has 0 spiro atoms. The Morgan fingerprint density at radius 2 is 1.89 bits per heavy atom. The number of likely N-dealkylation sites (N-methyl/N-ethyl adjacent to an activating group) is 1. The number of benzene rings is 1. The van der Waals surface area contributed by atoms with Gasteiger partial charge in [-0.2, -0.15) is 0 Å². The van der Waals surface area contributed by atoms with Crippen molar-refractivity contribution in [2.45, 2.75) is 38.4 Å². The lowest BCUT2D eigenvalue weighted by atomic mass is 9.95. The number of methoxy groups -OCH3 is 1. The molecule has 108 valence electrons. The van der Waals surface area contributed by atoms with Crippen molar-refractivity contribution in [3.63, 3.8) is 0 Å². The molecule has 0 amide bonds. The second kappa shape index (κ2) is 7.85. The first-order valence-electron chi connectivity index (χ1n) is 6.73. The lowest BCUT2D eigenvalue weighted by molar-refractivity contribution is 0.0794. The van der Waals surface area contributed by atoms with Gasteiger partial charge >= 0.3 is 0 Å². The summed E-state index contributed by atoms with van der Waals surface area (Å²) in [5.74, 6) is 0. The van der Waals surface area contributed by atoms with Crippen molar-refractivity contribution in [3.05, 3.63) is 34.9 Å². The van der Waals surface area contributed by atoms with E-state index in [0.717, 1.165) is 11.4 Å². The van der Waals surface area contributed by atoms with E-state index < -0.39 is 0 Å². The van der Waals surface area contributed by atoms with Crippen LogP contribution in [-0.4, -0.2) is 37.7 Å². The molecular weight excluding hydrogens is 260 g/mol. The summed E-state index contributed by atoms with van der Waals surface area (Å²) >= 11 is 5.96.